The van der Waals surface area contributed by atoms with E-state index in [0.29, 0.717) is 0 Å². The zero-order valence-electron chi connectivity index (χ0n) is 60.9. The Labute approximate surface area is 681 Å². The van der Waals surface area contributed by atoms with E-state index in [2.05, 4.69) is 318 Å². The van der Waals surface area contributed by atoms with Crippen molar-refractivity contribution in [3.63, 3.8) is 0 Å². The van der Waals surface area contributed by atoms with Crippen LogP contribution in [0.5, 0.6) is 0 Å². The topological polar surface area (TPSA) is 131 Å². The predicted molar refractivity (Wildman–Crippen MR) is 475 cm³/mol. The molecule has 12 heterocycles. The zero-order chi connectivity index (χ0) is 76.4. The number of aromatic nitrogens is 12. The Balaban J connectivity index is 0.000000115. The van der Waals surface area contributed by atoms with E-state index in [9.17, 15) is 0 Å². The Kier molecular flexibility index (Phi) is 19.3. The molecule has 0 spiro atoms. The molecule has 15 heteroatoms. The zero-order valence-corrected chi connectivity index (χ0v) is 65.6. The van der Waals surface area contributed by atoms with E-state index in [1.54, 1.807) is 12.4 Å². The third kappa shape index (κ3) is 14.1. The van der Waals surface area contributed by atoms with Crippen molar-refractivity contribution in [2.45, 2.75) is 0 Å². The third-order valence-electron chi connectivity index (χ3n) is 20.3. The Morgan fingerprint density at radius 1 is 0.175 bits per heavy atom. The van der Waals surface area contributed by atoms with Gasteiger partial charge in [-0.2, -0.15) is 0 Å². The summed E-state index contributed by atoms with van der Waals surface area (Å²) in [5.74, 6) is 0. The summed E-state index contributed by atoms with van der Waals surface area (Å²) < 4.78 is 9.79. The molecule has 0 saturated heterocycles. The SMILES string of the molecule is Brc1ccc2c3cccnc3n(-c3cccc(-c4cc(-c5ccccc5)cc(-c5ccccc5)n4)c3)c2c1.Brc1ccc2c3cccnc3n(-c3cccc(-c4cc(-c5ccccn5)cc(-c5ccccn5)c4)c3)c2c1.Brc1ccc2c3cccnc3n(-c3cccc(-c4cc(-c5ccccn5)nc(-c5ccccn5)c4)c3)c2c1. The molecule has 0 fully saturated rings. The molecule has 9 aromatic carbocycles. The number of hydrogen-bond acceptors (Lipinski definition) is 9. The first-order valence-electron chi connectivity index (χ1n) is 37.2. The minimum atomic E-state index is 0.802. The summed E-state index contributed by atoms with van der Waals surface area (Å²) in [4.78, 5) is 42.7. The molecule has 0 bridgehead atoms. The van der Waals surface area contributed by atoms with Gasteiger partial charge in [0.15, 0.2) is 0 Å². The minimum absolute atomic E-state index is 0.802. The molecule has 114 heavy (non-hydrogen) atoms. The molecule has 0 aliphatic heterocycles. The summed E-state index contributed by atoms with van der Waals surface area (Å²) in [6.07, 6.45) is 12.8. The van der Waals surface area contributed by atoms with E-state index in [4.69, 9.17) is 24.9 Å². The summed E-state index contributed by atoms with van der Waals surface area (Å²) in [6.45, 7) is 0. The second kappa shape index (κ2) is 31.1. The van der Waals surface area contributed by atoms with Gasteiger partial charge in [-0.1, -0.05) is 187 Å². The van der Waals surface area contributed by atoms with E-state index < -0.39 is 0 Å². The lowest BCUT2D eigenvalue weighted by Gasteiger charge is -2.13. The van der Waals surface area contributed by atoms with Gasteiger partial charge in [0, 0.05) is 128 Å². The Bertz CT molecular complexity index is 6290. The Morgan fingerprint density at radius 2 is 0.491 bits per heavy atom. The Morgan fingerprint density at radius 3 is 0.904 bits per heavy atom. The maximum absolute atomic E-state index is 5.13. The van der Waals surface area contributed by atoms with E-state index in [1.807, 2.05) is 134 Å². The first-order chi connectivity index (χ1) is 56.2. The summed E-state index contributed by atoms with van der Waals surface area (Å²) in [5.41, 5.74) is 27.1. The van der Waals surface area contributed by atoms with Gasteiger partial charge in [-0.05, 0) is 234 Å². The molecule has 0 unspecified atom stereocenters. The second-order valence-corrected chi connectivity index (χ2v) is 30.2. The highest BCUT2D eigenvalue weighted by Crippen LogP contribution is 2.41. The summed E-state index contributed by atoms with van der Waals surface area (Å²) in [6, 6.07) is 117. The molecule has 0 amide bonds. The first-order valence-corrected chi connectivity index (χ1v) is 39.5. The molecule has 21 rings (SSSR count). The first kappa shape index (κ1) is 70.5. The fraction of sp³-hybridized carbons (Fsp3) is 0. The van der Waals surface area contributed by atoms with Crippen LogP contribution in [0.3, 0.4) is 0 Å². The van der Waals surface area contributed by atoms with Crippen LogP contribution in [0.1, 0.15) is 0 Å². The lowest BCUT2D eigenvalue weighted by atomic mass is 9.96. The lowest BCUT2D eigenvalue weighted by molar-refractivity contribution is 1.13. The lowest BCUT2D eigenvalue weighted by Crippen LogP contribution is -1.97. The number of hydrogen-bond donors (Lipinski definition) is 0. The highest BCUT2D eigenvalue weighted by atomic mass is 79.9. The maximum atomic E-state index is 5.13. The van der Waals surface area contributed by atoms with Gasteiger partial charge >= 0.3 is 0 Å². The van der Waals surface area contributed by atoms with Crippen LogP contribution in [0, 0.1) is 0 Å². The molecular formula is C99H63Br3N12. The number of benzene rings is 9. The van der Waals surface area contributed by atoms with Crippen molar-refractivity contribution in [3.05, 3.63) is 397 Å². The molecule has 0 aliphatic carbocycles. The number of halogens is 3. The van der Waals surface area contributed by atoms with Gasteiger partial charge < -0.3 is 0 Å². The molecular weight excluding hydrogens is 1600 g/mol. The van der Waals surface area contributed by atoms with Crippen LogP contribution in [0.2, 0.25) is 0 Å². The van der Waals surface area contributed by atoms with Gasteiger partial charge in [-0.3, -0.25) is 33.6 Å². The summed E-state index contributed by atoms with van der Waals surface area (Å²) in [5, 5.41) is 6.92. The van der Waals surface area contributed by atoms with Crippen LogP contribution in [0.15, 0.2) is 397 Å². The molecule has 0 saturated carbocycles. The fourth-order valence-electron chi connectivity index (χ4n) is 15.1. The van der Waals surface area contributed by atoms with Crippen LogP contribution >= 0.6 is 47.8 Å². The van der Waals surface area contributed by atoms with Gasteiger partial charge in [0.05, 0.1) is 62.1 Å². The van der Waals surface area contributed by atoms with Crippen molar-refractivity contribution in [1.29, 1.82) is 0 Å². The van der Waals surface area contributed by atoms with Crippen LogP contribution in [-0.2, 0) is 0 Å². The molecule has 0 N–H and O–H groups in total. The van der Waals surface area contributed by atoms with Crippen molar-refractivity contribution in [2.24, 2.45) is 0 Å². The van der Waals surface area contributed by atoms with E-state index in [0.717, 1.165) is 176 Å². The smallest absolute Gasteiger partial charge is 0.145 e. The van der Waals surface area contributed by atoms with Gasteiger partial charge in [0.1, 0.15) is 16.9 Å². The maximum Gasteiger partial charge on any atom is 0.145 e. The molecule has 12 nitrogen and oxygen atoms in total. The van der Waals surface area contributed by atoms with E-state index >= 15 is 0 Å². The number of pyridine rings is 9. The van der Waals surface area contributed by atoms with Gasteiger partial charge in [0.2, 0.25) is 0 Å². The standard InChI is InChI=1S/C34H22BrN3.C33H21BrN4.C32H20BrN5/c35-27-16-17-29-30-15-8-18-36-34(30)38(33(29)22-27)28-14-7-13-25(19-28)32-21-26(23-9-3-1-4-10-23)20-31(37-32)24-11-5-2-6-12-24;34-26-12-13-28-29-9-6-16-37-33(29)38(32(28)21-26)27-8-5-7-22(20-27)23-17-24(30-10-1-3-14-35-30)19-25(18-23)31-11-2-4-15-36-31;33-23-12-13-25-26-9-6-16-36-32(26)38(31(25)20-23)24-8-5-7-21(17-24)22-18-29(27-10-1-3-14-34-27)37-30(19-22)28-11-2-4-15-35-28/h1-22H;1-21H;1-20H. The van der Waals surface area contributed by atoms with Crippen LogP contribution < -0.4 is 0 Å². The van der Waals surface area contributed by atoms with Gasteiger partial charge in [0.25, 0.3) is 0 Å². The molecule has 540 valence electrons. The molecule has 21 aromatic rings. The Hall–Kier alpha value is -13.8. The second-order valence-electron chi connectivity index (χ2n) is 27.4. The highest BCUT2D eigenvalue weighted by Gasteiger charge is 2.21. The van der Waals surface area contributed by atoms with E-state index in [-0.39, 0.29) is 0 Å². The average Bonchev–Trinajstić information content (AvgIpc) is 1.53. The highest BCUT2D eigenvalue weighted by molar-refractivity contribution is 9.11. The van der Waals surface area contributed by atoms with Crippen LogP contribution in [0.25, 0.3) is 184 Å². The number of rotatable bonds is 12. The molecule has 12 aromatic heterocycles. The normalized spacial score (nSPS) is 11.3. The summed E-state index contributed by atoms with van der Waals surface area (Å²) in [7, 11) is 0. The predicted octanol–water partition coefficient (Wildman–Crippen LogP) is 26.2. The van der Waals surface area contributed by atoms with Gasteiger partial charge in [-0.15, -0.1) is 0 Å². The van der Waals surface area contributed by atoms with Crippen molar-refractivity contribution < 1.29 is 0 Å². The molecule has 0 aliphatic rings. The van der Waals surface area contributed by atoms with E-state index in [1.165, 1.54) is 21.7 Å². The van der Waals surface area contributed by atoms with Gasteiger partial charge in [-0.25, -0.2) is 24.9 Å². The van der Waals surface area contributed by atoms with Crippen LogP contribution in [0.4, 0.5) is 0 Å². The van der Waals surface area contributed by atoms with Crippen molar-refractivity contribution >= 4 is 114 Å². The monoisotopic (exact) mass is 1660 g/mol. The number of nitrogens with zero attached hydrogens (tertiary/aromatic N) is 12. The third-order valence-corrected chi connectivity index (χ3v) is 21.8. The largest absolute Gasteiger partial charge is 0.294 e. The molecule has 0 atom stereocenters. The molecule has 0 radical (unpaired) electrons. The fourth-order valence-corrected chi connectivity index (χ4v) is 16.1. The van der Waals surface area contributed by atoms with Crippen molar-refractivity contribution in [2.75, 3.05) is 0 Å². The minimum Gasteiger partial charge on any atom is -0.294 e. The van der Waals surface area contributed by atoms with Crippen molar-refractivity contribution in [3.8, 4) is 118 Å². The van der Waals surface area contributed by atoms with Crippen LogP contribution in [-0.4, -0.2) is 58.6 Å². The quantitative estimate of drug-likeness (QED) is 0.117. The number of fused-ring (bicyclic) bond motifs is 9. The average molecular weight is 1660 g/mol. The van der Waals surface area contributed by atoms with Crippen molar-refractivity contribution in [1.82, 2.24) is 58.6 Å². The summed E-state index contributed by atoms with van der Waals surface area (Å²) >= 11 is 11.0.